The van der Waals surface area contributed by atoms with Crippen molar-refractivity contribution < 1.29 is 32.4 Å². The number of rotatable bonds is 3. The molecule has 1 aliphatic rings. The zero-order valence-corrected chi connectivity index (χ0v) is 12.1. The van der Waals surface area contributed by atoms with E-state index < -0.39 is 34.4 Å². The van der Waals surface area contributed by atoms with Crippen molar-refractivity contribution in [3.63, 3.8) is 0 Å². The number of carboxylic acid groups (broad SMARTS) is 1. The Morgan fingerprint density at radius 1 is 1.09 bits per heavy atom. The number of halogens is 2. The molecule has 2 aromatic carbocycles. The van der Waals surface area contributed by atoms with E-state index in [1.165, 1.54) is 12.1 Å². The summed E-state index contributed by atoms with van der Waals surface area (Å²) in [5.74, 6) is -3.74. The molecule has 118 valence electrons. The Morgan fingerprint density at radius 3 is 2.43 bits per heavy atom. The van der Waals surface area contributed by atoms with E-state index in [9.17, 15) is 27.7 Å². The Labute approximate surface area is 131 Å². The topological polar surface area (TPSA) is 83.5 Å². The molecule has 0 radical (unpaired) electrons. The lowest BCUT2D eigenvalue weighted by Crippen LogP contribution is -2.45. The first-order valence-electron chi connectivity index (χ1n) is 6.29. The van der Waals surface area contributed by atoms with E-state index in [1.807, 2.05) is 0 Å². The fraction of sp³-hybridized carbons (Fsp3) is 0.0667. The first-order valence-corrected chi connectivity index (χ1v) is 7.44. The average molecular weight is 337 g/mol. The molecule has 0 aromatic heterocycles. The first kappa shape index (κ1) is 15.3. The second-order valence-electron chi connectivity index (χ2n) is 4.66. The van der Waals surface area contributed by atoms with Crippen LogP contribution in [0, 0.1) is 0 Å². The van der Waals surface area contributed by atoms with Gasteiger partial charge in [0.05, 0.1) is 20.6 Å². The van der Waals surface area contributed by atoms with Gasteiger partial charge in [-0.3, -0.25) is 4.79 Å². The molecule has 1 aliphatic heterocycles. The Kier molecular flexibility index (Phi) is 3.48. The van der Waals surface area contributed by atoms with Gasteiger partial charge in [-0.2, -0.15) is 8.78 Å². The third kappa shape index (κ3) is 2.50. The molecule has 0 fully saturated rings. The predicted molar refractivity (Wildman–Crippen MR) is 71.6 cm³/mol. The molecule has 0 spiro atoms. The minimum Gasteiger partial charge on any atom is -0.541 e. The molecule has 0 saturated carbocycles. The second-order valence-corrected chi connectivity index (χ2v) is 6.08. The van der Waals surface area contributed by atoms with Crippen LogP contribution in [0.25, 0.3) is 0 Å². The predicted octanol–water partition coefficient (Wildman–Crippen LogP) is 1.12. The van der Waals surface area contributed by atoms with Gasteiger partial charge in [0, 0.05) is 11.1 Å². The molecule has 1 heterocycles. The van der Waals surface area contributed by atoms with E-state index in [0.717, 1.165) is 12.1 Å². The SMILES string of the molecule is O=C1c2ccccc2S(=O)c2ccc(OC(F)(F)C(=O)[O-])cc21. The van der Waals surface area contributed by atoms with Gasteiger partial charge < -0.3 is 14.6 Å². The highest BCUT2D eigenvalue weighted by Crippen LogP contribution is 2.34. The van der Waals surface area contributed by atoms with Crippen LogP contribution in [0.15, 0.2) is 52.3 Å². The lowest BCUT2D eigenvalue weighted by molar-refractivity contribution is -0.350. The van der Waals surface area contributed by atoms with Crippen LogP contribution in [-0.2, 0) is 15.6 Å². The highest BCUT2D eigenvalue weighted by Gasteiger charge is 2.35. The lowest BCUT2D eigenvalue weighted by atomic mass is 10.0. The lowest BCUT2D eigenvalue weighted by Gasteiger charge is -2.21. The van der Waals surface area contributed by atoms with Crippen LogP contribution in [0.4, 0.5) is 8.78 Å². The molecular weight excluding hydrogens is 330 g/mol. The molecule has 0 aliphatic carbocycles. The molecule has 0 saturated heterocycles. The van der Waals surface area contributed by atoms with Crippen molar-refractivity contribution in [2.24, 2.45) is 0 Å². The molecule has 0 N–H and O–H groups in total. The molecule has 3 rings (SSSR count). The van der Waals surface area contributed by atoms with Crippen LogP contribution >= 0.6 is 0 Å². The maximum absolute atomic E-state index is 13.0. The normalized spacial score (nSPS) is 16.4. The van der Waals surface area contributed by atoms with Crippen LogP contribution in [0.2, 0.25) is 0 Å². The first-order chi connectivity index (χ1) is 10.8. The summed E-state index contributed by atoms with van der Waals surface area (Å²) in [4.78, 5) is 23.2. The van der Waals surface area contributed by atoms with Crippen molar-refractivity contribution in [2.75, 3.05) is 0 Å². The maximum atomic E-state index is 13.0. The molecular formula is C15H7F2O5S-. The van der Waals surface area contributed by atoms with E-state index in [2.05, 4.69) is 4.74 Å². The number of hydrogen-bond donors (Lipinski definition) is 0. The van der Waals surface area contributed by atoms with Crippen molar-refractivity contribution in [3.8, 4) is 5.75 Å². The quantitative estimate of drug-likeness (QED) is 0.715. The van der Waals surface area contributed by atoms with Crippen LogP contribution in [0.5, 0.6) is 5.75 Å². The van der Waals surface area contributed by atoms with Gasteiger partial charge in [-0.15, -0.1) is 0 Å². The zero-order chi connectivity index (χ0) is 16.8. The summed E-state index contributed by atoms with van der Waals surface area (Å²) in [6.45, 7) is 0. The van der Waals surface area contributed by atoms with Gasteiger partial charge in [0.1, 0.15) is 5.75 Å². The Hall–Kier alpha value is -2.61. The van der Waals surface area contributed by atoms with Gasteiger partial charge in [0.25, 0.3) is 0 Å². The monoisotopic (exact) mass is 337 g/mol. The number of aliphatic carboxylic acids is 1. The number of carboxylic acids is 1. The summed E-state index contributed by atoms with van der Waals surface area (Å²) in [5, 5.41) is 10.3. The van der Waals surface area contributed by atoms with Gasteiger partial charge in [-0.05, 0) is 30.3 Å². The number of alkyl halides is 2. The summed E-state index contributed by atoms with van der Waals surface area (Å²) in [6.07, 6.45) is -4.54. The molecule has 1 unspecified atom stereocenters. The molecule has 23 heavy (non-hydrogen) atoms. The molecule has 1 atom stereocenters. The summed E-state index contributed by atoms with van der Waals surface area (Å²) in [7, 11) is -1.64. The molecule has 8 heteroatoms. The standard InChI is InChI=1S/C15H8F2O5S/c16-15(17,14(19)20)22-8-5-6-12-10(7-8)13(18)9-3-1-2-4-11(9)23(12)21/h1-7H,(H,19,20)/p-1. The fourth-order valence-corrected chi connectivity index (χ4v) is 3.52. The Morgan fingerprint density at radius 2 is 1.74 bits per heavy atom. The minimum atomic E-state index is -4.54. The number of fused-ring (bicyclic) bond motifs is 2. The summed E-state index contributed by atoms with van der Waals surface area (Å²) < 4.78 is 42.6. The minimum absolute atomic E-state index is 0.0753. The third-order valence-electron chi connectivity index (χ3n) is 3.21. The third-order valence-corrected chi connectivity index (χ3v) is 4.72. The highest BCUT2D eigenvalue weighted by atomic mass is 32.2. The molecule has 0 bridgehead atoms. The van der Waals surface area contributed by atoms with Gasteiger partial charge >= 0.3 is 6.11 Å². The Balaban J connectivity index is 2.06. The van der Waals surface area contributed by atoms with Crippen molar-refractivity contribution in [1.82, 2.24) is 0 Å². The van der Waals surface area contributed by atoms with Gasteiger partial charge in [0.2, 0.25) is 0 Å². The summed E-state index contributed by atoms with van der Waals surface area (Å²) >= 11 is 0. The van der Waals surface area contributed by atoms with E-state index in [1.54, 1.807) is 18.2 Å². The number of benzene rings is 2. The van der Waals surface area contributed by atoms with Crippen molar-refractivity contribution >= 4 is 22.6 Å². The van der Waals surface area contributed by atoms with Crippen LogP contribution in [0.1, 0.15) is 15.9 Å². The average Bonchev–Trinajstić information content (AvgIpc) is 2.52. The smallest absolute Gasteiger partial charge is 0.441 e. The van der Waals surface area contributed by atoms with E-state index >= 15 is 0 Å². The zero-order valence-electron chi connectivity index (χ0n) is 11.2. The van der Waals surface area contributed by atoms with Crippen LogP contribution in [-0.4, -0.2) is 22.1 Å². The van der Waals surface area contributed by atoms with Gasteiger partial charge in [-0.25, -0.2) is 4.21 Å². The number of ketones is 1. The van der Waals surface area contributed by atoms with Gasteiger partial charge in [0.15, 0.2) is 11.8 Å². The Bertz CT molecular complexity index is 863. The molecule has 5 nitrogen and oxygen atoms in total. The van der Waals surface area contributed by atoms with Crippen molar-refractivity contribution in [3.05, 3.63) is 53.6 Å². The fourth-order valence-electron chi connectivity index (χ4n) is 2.18. The second kappa shape index (κ2) is 5.24. The summed E-state index contributed by atoms with van der Waals surface area (Å²) in [6, 6.07) is 9.40. The van der Waals surface area contributed by atoms with E-state index in [-0.39, 0.29) is 16.0 Å². The maximum Gasteiger partial charge on any atom is 0.441 e. The van der Waals surface area contributed by atoms with Crippen molar-refractivity contribution in [1.29, 1.82) is 0 Å². The number of carbonyl (C=O) groups excluding carboxylic acids is 2. The number of hydrogen-bond acceptors (Lipinski definition) is 5. The van der Waals surface area contributed by atoms with E-state index in [4.69, 9.17) is 0 Å². The molecule has 2 aromatic rings. The van der Waals surface area contributed by atoms with Gasteiger partial charge in [-0.1, -0.05) is 12.1 Å². The van der Waals surface area contributed by atoms with Crippen LogP contribution in [0.3, 0.4) is 0 Å². The largest absolute Gasteiger partial charge is 0.541 e. The highest BCUT2D eigenvalue weighted by molar-refractivity contribution is 7.85. The van der Waals surface area contributed by atoms with Crippen LogP contribution < -0.4 is 9.84 Å². The molecule has 0 amide bonds. The van der Waals surface area contributed by atoms with E-state index in [0.29, 0.717) is 4.90 Å². The number of carbonyl (C=O) groups is 2. The summed E-state index contributed by atoms with van der Waals surface area (Å²) in [5.41, 5.74) is 0.121. The number of ether oxygens (including phenoxy) is 1. The van der Waals surface area contributed by atoms with Crippen molar-refractivity contribution in [2.45, 2.75) is 15.9 Å².